The third kappa shape index (κ3) is 4.24. The van der Waals surface area contributed by atoms with Crippen molar-refractivity contribution in [2.45, 2.75) is 51.3 Å². The number of benzene rings is 1. The van der Waals surface area contributed by atoms with E-state index < -0.39 is 40.8 Å². The van der Waals surface area contributed by atoms with Crippen molar-refractivity contribution in [2.24, 2.45) is 5.92 Å². The van der Waals surface area contributed by atoms with Crippen molar-refractivity contribution >= 4 is 12.1 Å². The lowest BCUT2D eigenvalue weighted by molar-refractivity contribution is -0.255. The van der Waals surface area contributed by atoms with Crippen LogP contribution in [0.15, 0.2) is 18.2 Å². The van der Waals surface area contributed by atoms with Gasteiger partial charge in [-0.2, -0.15) is 13.2 Å². The van der Waals surface area contributed by atoms with Gasteiger partial charge < -0.3 is 19.4 Å². The Bertz CT molecular complexity index is 661. The van der Waals surface area contributed by atoms with Gasteiger partial charge in [0.25, 0.3) is 0 Å². The van der Waals surface area contributed by atoms with Crippen LogP contribution in [-0.2, 0) is 10.9 Å². The fraction of sp³-hybridized carbons (Fsp3) is 0.529. The largest absolute Gasteiger partial charge is 0.545 e. The molecular formula is C17H18F3O5-. The Morgan fingerprint density at radius 1 is 1.20 bits per heavy atom. The SMILES string of the molecule is CC(C)C1(OC(=O)Oc2cc(C(=O)[O-])ccc2C(F)(F)F)CCCC1. The Balaban J connectivity index is 2.27. The Morgan fingerprint density at radius 3 is 2.28 bits per heavy atom. The molecule has 1 fully saturated rings. The third-order valence-corrected chi connectivity index (χ3v) is 4.50. The number of rotatable bonds is 4. The number of hydrogen-bond donors (Lipinski definition) is 0. The molecule has 1 aliphatic carbocycles. The monoisotopic (exact) mass is 359 g/mol. The third-order valence-electron chi connectivity index (χ3n) is 4.50. The standard InChI is InChI=1S/C17H19F3O5/c1-10(2)16(7-3-4-8-16)25-15(23)24-13-9-11(14(21)22)5-6-12(13)17(18,19)20/h5-6,9-10H,3-4,7-8H2,1-2H3,(H,21,22)/p-1. The van der Waals surface area contributed by atoms with Crippen LogP contribution >= 0.6 is 0 Å². The summed E-state index contributed by atoms with van der Waals surface area (Å²) in [5, 5.41) is 10.9. The van der Waals surface area contributed by atoms with Crippen LogP contribution in [0.1, 0.15) is 55.5 Å². The summed E-state index contributed by atoms with van der Waals surface area (Å²) >= 11 is 0. The predicted octanol–water partition coefficient (Wildman–Crippen LogP) is 3.55. The molecule has 0 aliphatic heterocycles. The van der Waals surface area contributed by atoms with Crippen LogP contribution in [0.25, 0.3) is 0 Å². The molecule has 1 aromatic rings. The normalized spacial score (nSPS) is 16.7. The van der Waals surface area contributed by atoms with E-state index in [1.54, 1.807) is 0 Å². The first-order valence-corrected chi connectivity index (χ1v) is 7.88. The van der Waals surface area contributed by atoms with Gasteiger partial charge in [-0.15, -0.1) is 0 Å². The highest BCUT2D eigenvalue weighted by Crippen LogP contribution is 2.41. The van der Waals surface area contributed by atoms with Crippen molar-refractivity contribution in [1.82, 2.24) is 0 Å². The molecule has 0 heterocycles. The summed E-state index contributed by atoms with van der Waals surface area (Å²) < 4.78 is 49.2. The highest BCUT2D eigenvalue weighted by molar-refractivity contribution is 5.86. The number of hydrogen-bond acceptors (Lipinski definition) is 5. The number of aromatic carboxylic acids is 1. The second-order valence-electron chi connectivity index (χ2n) is 6.38. The molecule has 0 unspecified atom stereocenters. The van der Waals surface area contributed by atoms with E-state index in [0.717, 1.165) is 18.9 Å². The Labute approximate surface area is 142 Å². The molecule has 0 saturated heterocycles. The van der Waals surface area contributed by atoms with Gasteiger partial charge in [-0.1, -0.05) is 19.9 Å². The average Bonchev–Trinajstić information content (AvgIpc) is 2.95. The minimum absolute atomic E-state index is 0.0285. The highest BCUT2D eigenvalue weighted by Gasteiger charge is 2.42. The maximum atomic E-state index is 13.0. The fourth-order valence-corrected chi connectivity index (χ4v) is 3.02. The minimum atomic E-state index is -4.82. The van der Waals surface area contributed by atoms with E-state index in [-0.39, 0.29) is 5.92 Å². The number of carboxylic acid groups (broad SMARTS) is 1. The quantitative estimate of drug-likeness (QED) is 0.607. The van der Waals surface area contributed by atoms with E-state index in [1.165, 1.54) is 0 Å². The fourth-order valence-electron chi connectivity index (χ4n) is 3.02. The number of carboxylic acids is 1. The Morgan fingerprint density at radius 2 is 1.80 bits per heavy atom. The van der Waals surface area contributed by atoms with Crippen LogP contribution in [0.3, 0.4) is 0 Å². The maximum Gasteiger partial charge on any atom is 0.514 e. The van der Waals surface area contributed by atoms with Crippen molar-refractivity contribution < 1.29 is 37.3 Å². The lowest BCUT2D eigenvalue weighted by Gasteiger charge is -2.32. The Hall–Kier alpha value is -2.25. The summed E-state index contributed by atoms with van der Waals surface area (Å²) in [6.45, 7) is 3.72. The lowest BCUT2D eigenvalue weighted by Crippen LogP contribution is -2.38. The molecule has 2 rings (SSSR count). The molecule has 1 aliphatic rings. The van der Waals surface area contributed by atoms with Crippen LogP contribution < -0.4 is 9.84 Å². The lowest BCUT2D eigenvalue weighted by atomic mass is 9.88. The zero-order valence-corrected chi connectivity index (χ0v) is 13.8. The first-order valence-electron chi connectivity index (χ1n) is 7.88. The minimum Gasteiger partial charge on any atom is -0.545 e. The summed E-state index contributed by atoms with van der Waals surface area (Å²) in [6, 6.07) is 1.88. The van der Waals surface area contributed by atoms with E-state index in [9.17, 15) is 27.9 Å². The molecule has 138 valence electrons. The molecule has 0 atom stereocenters. The number of alkyl halides is 3. The van der Waals surface area contributed by atoms with Gasteiger partial charge in [-0.25, -0.2) is 4.79 Å². The molecule has 0 spiro atoms. The second kappa shape index (κ2) is 6.93. The molecule has 8 heteroatoms. The molecule has 0 N–H and O–H groups in total. The summed E-state index contributed by atoms with van der Waals surface area (Å²) in [5.41, 5.74) is -2.57. The van der Waals surface area contributed by atoms with Crippen molar-refractivity contribution in [3.05, 3.63) is 29.3 Å². The van der Waals surface area contributed by atoms with Crippen LogP contribution in [-0.4, -0.2) is 17.7 Å². The zero-order chi connectivity index (χ0) is 18.8. The molecule has 0 amide bonds. The molecule has 0 aromatic heterocycles. The molecule has 1 saturated carbocycles. The first-order chi connectivity index (χ1) is 11.5. The number of halogens is 3. The number of carbonyl (C=O) groups is 2. The predicted molar refractivity (Wildman–Crippen MR) is 78.9 cm³/mol. The van der Waals surface area contributed by atoms with E-state index in [2.05, 4.69) is 0 Å². The van der Waals surface area contributed by atoms with Crippen molar-refractivity contribution in [3.63, 3.8) is 0 Å². The molecule has 0 bridgehead atoms. The van der Waals surface area contributed by atoms with Gasteiger partial charge >= 0.3 is 12.3 Å². The van der Waals surface area contributed by atoms with Gasteiger partial charge in [0.15, 0.2) is 0 Å². The van der Waals surface area contributed by atoms with Gasteiger partial charge in [-0.05, 0) is 43.7 Å². The van der Waals surface area contributed by atoms with Crippen molar-refractivity contribution in [2.75, 3.05) is 0 Å². The number of carbonyl (C=O) groups excluding carboxylic acids is 2. The Kier molecular flexibility index (Phi) is 5.29. The van der Waals surface area contributed by atoms with E-state index >= 15 is 0 Å². The van der Waals surface area contributed by atoms with Gasteiger partial charge in [-0.3, -0.25) is 0 Å². The molecule has 1 aromatic carbocycles. The summed E-state index contributed by atoms with van der Waals surface area (Å²) in [7, 11) is 0. The summed E-state index contributed by atoms with van der Waals surface area (Å²) in [5.74, 6) is -2.63. The zero-order valence-electron chi connectivity index (χ0n) is 13.8. The van der Waals surface area contributed by atoms with E-state index in [4.69, 9.17) is 9.47 Å². The molecule has 0 radical (unpaired) electrons. The van der Waals surface area contributed by atoms with Crippen LogP contribution in [0.4, 0.5) is 18.0 Å². The van der Waals surface area contributed by atoms with Crippen LogP contribution in [0.5, 0.6) is 5.75 Å². The van der Waals surface area contributed by atoms with Crippen LogP contribution in [0, 0.1) is 5.92 Å². The van der Waals surface area contributed by atoms with Gasteiger partial charge in [0, 0.05) is 5.56 Å². The van der Waals surface area contributed by atoms with Crippen molar-refractivity contribution in [3.8, 4) is 5.75 Å². The van der Waals surface area contributed by atoms with Crippen LogP contribution in [0.2, 0.25) is 0 Å². The average molecular weight is 359 g/mol. The topological polar surface area (TPSA) is 75.7 Å². The second-order valence-corrected chi connectivity index (χ2v) is 6.38. The highest BCUT2D eigenvalue weighted by atomic mass is 19.4. The first kappa shape index (κ1) is 19.1. The summed E-state index contributed by atoms with van der Waals surface area (Å²) in [6.07, 6.45) is -3.20. The molecular weight excluding hydrogens is 341 g/mol. The molecule has 25 heavy (non-hydrogen) atoms. The molecule has 5 nitrogen and oxygen atoms in total. The maximum absolute atomic E-state index is 13.0. The summed E-state index contributed by atoms with van der Waals surface area (Å²) in [4.78, 5) is 22.9. The van der Waals surface area contributed by atoms with Crippen molar-refractivity contribution in [1.29, 1.82) is 0 Å². The number of ether oxygens (including phenoxy) is 2. The van der Waals surface area contributed by atoms with Gasteiger partial charge in [0.05, 0.1) is 11.5 Å². The van der Waals surface area contributed by atoms with Gasteiger partial charge in [0.2, 0.25) is 0 Å². The van der Waals surface area contributed by atoms with E-state index in [1.807, 2.05) is 13.8 Å². The smallest absolute Gasteiger partial charge is 0.514 e. The van der Waals surface area contributed by atoms with E-state index in [0.29, 0.717) is 25.0 Å². The van der Waals surface area contributed by atoms with Gasteiger partial charge in [0.1, 0.15) is 11.4 Å².